The van der Waals surface area contributed by atoms with E-state index in [9.17, 15) is 0 Å². The second-order valence-electron chi connectivity index (χ2n) is 7.61. The molecule has 5 rings (SSSR count). The van der Waals surface area contributed by atoms with Gasteiger partial charge in [0, 0.05) is 17.0 Å². The summed E-state index contributed by atoms with van der Waals surface area (Å²) < 4.78 is 23.0. The summed E-state index contributed by atoms with van der Waals surface area (Å²) in [6.07, 6.45) is 0.251. The van der Waals surface area contributed by atoms with Crippen molar-refractivity contribution in [3.05, 3.63) is 82.4 Å². The third-order valence-electron chi connectivity index (χ3n) is 5.87. The van der Waals surface area contributed by atoms with Gasteiger partial charge in [0.1, 0.15) is 11.5 Å². The molecule has 3 aromatic carbocycles. The zero-order chi connectivity index (χ0) is 22.2. The summed E-state index contributed by atoms with van der Waals surface area (Å²) >= 11 is 6.33. The molecule has 0 saturated carbocycles. The Morgan fingerprint density at radius 1 is 0.938 bits per heavy atom. The van der Waals surface area contributed by atoms with Crippen LogP contribution in [0.25, 0.3) is 0 Å². The molecule has 0 aliphatic carbocycles. The summed E-state index contributed by atoms with van der Waals surface area (Å²) in [5.41, 5.74) is 3.88. The second kappa shape index (κ2) is 8.28. The van der Waals surface area contributed by atoms with Gasteiger partial charge in [0.25, 0.3) is 0 Å². The van der Waals surface area contributed by atoms with Crippen LogP contribution in [0.5, 0.6) is 23.0 Å². The molecule has 2 aliphatic heterocycles. The van der Waals surface area contributed by atoms with Gasteiger partial charge in [-0.15, -0.1) is 0 Å². The van der Waals surface area contributed by atoms with Crippen LogP contribution in [-0.4, -0.2) is 32.0 Å². The zero-order valence-electron chi connectivity index (χ0n) is 18.0. The predicted octanol–water partition coefficient (Wildman–Crippen LogP) is 5.61. The van der Waals surface area contributed by atoms with E-state index in [1.165, 1.54) is 0 Å². The molecular formula is C25H23ClN2O4. The number of para-hydroxylation sites is 1. The van der Waals surface area contributed by atoms with Gasteiger partial charge in [-0.2, -0.15) is 5.10 Å². The normalized spacial score (nSPS) is 18.9. The number of methoxy groups -OCH3 is 3. The number of fused-ring (bicyclic) bond motifs is 3. The molecule has 0 bridgehead atoms. The molecule has 7 heteroatoms. The van der Waals surface area contributed by atoms with Gasteiger partial charge in [-0.05, 0) is 60.2 Å². The molecule has 0 spiro atoms. The number of nitrogens with zero attached hydrogens (tertiary/aromatic N) is 2. The largest absolute Gasteiger partial charge is 0.497 e. The maximum atomic E-state index is 6.45. The Labute approximate surface area is 191 Å². The lowest BCUT2D eigenvalue weighted by molar-refractivity contribution is -0.0205. The molecule has 164 valence electrons. The van der Waals surface area contributed by atoms with Crippen LogP contribution in [0.3, 0.4) is 0 Å². The van der Waals surface area contributed by atoms with Crippen LogP contribution >= 0.6 is 11.6 Å². The van der Waals surface area contributed by atoms with E-state index in [2.05, 4.69) is 0 Å². The van der Waals surface area contributed by atoms with Crippen LogP contribution in [0.4, 0.5) is 0 Å². The molecule has 2 heterocycles. The van der Waals surface area contributed by atoms with Crippen LogP contribution in [0.2, 0.25) is 5.02 Å². The average molecular weight is 451 g/mol. The number of ether oxygens (including phenoxy) is 4. The fourth-order valence-corrected chi connectivity index (χ4v) is 4.51. The average Bonchev–Trinajstić information content (AvgIpc) is 3.29. The lowest BCUT2D eigenvalue weighted by Crippen LogP contribution is -2.34. The summed E-state index contributed by atoms with van der Waals surface area (Å²) in [5, 5.41) is 7.66. The first-order chi connectivity index (χ1) is 15.6. The van der Waals surface area contributed by atoms with E-state index in [0.29, 0.717) is 16.5 Å². The first-order valence-corrected chi connectivity index (χ1v) is 10.7. The Morgan fingerprint density at radius 2 is 1.75 bits per heavy atom. The molecule has 0 radical (unpaired) electrons. The minimum absolute atomic E-state index is 0.0181. The van der Waals surface area contributed by atoms with Gasteiger partial charge in [-0.25, -0.2) is 5.01 Å². The van der Waals surface area contributed by atoms with Gasteiger partial charge < -0.3 is 18.9 Å². The predicted molar refractivity (Wildman–Crippen MR) is 123 cm³/mol. The minimum Gasteiger partial charge on any atom is -0.497 e. The molecule has 0 unspecified atom stereocenters. The second-order valence-corrected chi connectivity index (χ2v) is 8.05. The van der Waals surface area contributed by atoms with Crippen molar-refractivity contribution in [1.82, 2.24) is 5.01 Å². The topological polar surface area (TPSA) is 52.5 Å². The summed E-state index contributed by atoms with van der Waals surface area (Å²) in [7, 11) is 4.91. The van der Waals surface area contributed by atoms with Gasteiger partial charge in [0.15, 0.2) is 11.5 Å². The summed E-state index contributed by atoms with van der Waals surface area (Å²) in [4.78, 5) is 0. The van der Waals surface area contributed by atoms with E-state index in [-0.39, 0.29) is 6.04 Å². The maximum Gasteiger partial charge on any atom is 0.217 e. The molecule has 0 fully saturated rings. The summed E-state index contributed by atoms with van der Waals surface area (Å²) in [6.45, 7) is 0. The lowest BCUT2D eigenvalue weighted by Gasteiger charge is -2.38. The van der Waals surface area contributed by atoms with Gasteiger partial charge in [-0.1, -0.05) is 17.7 Å². The number of benzene rings is 3. The number of halogens is 1. The Kier molecular flexibility index (Phi) is 5.31. The van der Waals surface area contributed by atoms with Crippen molar-refractivity contribution in [3.63, 3.8) is 0 Å². The van der Waals surface area contributed by atoms with E-state index in [0.717, 1.165) is 40.3 Å². The van der Waals surface area contributed by atoms with Gasteiger partial charge in [0.05, 0.1) is 38.6 Å². The van der Waals surface area contributed by atoms with Gasteiger partial charge >= 0.3 is 0 Å². The van der Waals surface area contributed by atoms with Crippen LogP contribution in [0.15, 0.2) is 65.8 Å². The Balaban J connectivity index is 1.62. The van der Waals surface area contributed by atoms with E-state index in [4.69, 9.17) is 35.6 Å². The maximum absolute atomic E-state index is 6.45. The Morgan fingerprint density at radius 3 is 2.47 bits per heavy atom. The molecule has 2 atom stereocenters. The quantitative estimate of drug-likeness (QED) is 0.505. The third-order valence-corrected chi connectivity index (χ3v) is 6.11. The van der Waals surface area contributed by atoms with Crippen LogP contribution in [-0.2, 0) is 0 Å². The number of hydrogen-bond donors (Lipinski definition) is 0. The van der Waals surface area contributed by atoms with Crippen molar-refractivity contribution < 1.29 is 18.9 Å². The highest BCUT2D eigenvalue weighted by atomic mass is 35.5. The highest BCUT2D eigenvalue weighted by Gasteiger charge is 2.42. The summed E-state index contributed by atoms with van der Waals surface area (Å²) in [5.74, 6) is 2.87. The fraction of sp³-hybridized carbons (Fsp3) is 0.240. The molecular weight excluding hydrogens is 428 g/mol. The third kappa shape index (κ3) is 3.41. The monoisotopic (exact) mass is 450 g/mol. The first-order valence-electron chi connectivity index (χ1n) is 10.3. The summed E-state index contributed by atoms with van der Waals surface area (Å²) in [6, 6.07) is 19.4. The van der Waals surface area contributed by atoms with Crippen LogP contribution in [0, 0.1) is 0 Å². The van der Waals surface area contributed by atoms with Crippen molar-refractivity contribution in [1.29, 1.82) is 0 Å². The Bertz CT molecular complexity index is 1180. The molecule has 2 aliphatic rings. The molecule has 6 nitrogen and oxygen atoms in total. The zero-order valence-corrected chi connectivity index (χ0v) is 18.8. The van der Waals surface area contributed by atoms with Crippen molar-refractivity contribution in [2.24, 2.45) is 5.10 Å². The molecule has 0 aromatic heterocycles. The van der Waals surface area contributed by atoms with E-state index in [1.807, 2.05) is 65.7 Å². The first kappa shape index (κ1) is 20.5. The smallest absolute Gasteiger partial charge is 0.217 e. The van der Waals surface area contributed by atoms with Crippen molar-refractivity contribution in [2.75, 3.05) is 21.3 Å². The highest BCUT2D eigenvalue weighted by Crippen LogP contribution is 2.50. The van der Waals surface area contributed by atoms with E-state index in [1.54, 1.807) is 21.3 Å². The van der Waals surface area contributed by atoms with Crippen LogP contribution in [0.1, 0.15) is 35.4 Å². The van der Waals surface area contributed by atoms with Crippen molar-refractivity contribution in [3.8, 4) is 23.0 Å². The number of rotatable bonds is 5. The molecule has 3 aromatic rings. The van der Waals surface area contributed by atoms with Crippen molar-refractivity contribution >= 4 is 17.3 Å². The molecule has 32 heavy (non-hydrogen) atoms. The number of hydrazone groups is 1. The van der Waals surface area contributed by atoms with Gasteiger partial charge in [-0.3, -0.25) is 0 Å². The molecule has 0 amide bonds. The standard InChI is InChI=1S/C25H23ClN2O4/c1-29-17-10-7-15(8-11-17)20-14-21-19-13-16(26)9-12-22(19)32-25(28(21)27-20)18-5-4-6-23(30-2)24(18)31-3/h4-13,21,25H,14H2,1-3H3/t21-,25+/m0/s1. The lowest BCUT2D eigenvalue weighted by atomic mass is 9.95. The number of hydrogen-bond acceptors (Lipinski definition) is 6. The Hall–Kier alpha value is -3.38. The van der Waals surface area contributed by atoms with Gasteiger partial charge in [0.2, 0.25) is 6.23 Å². The van der Waals surface area contributed by atoms with Crippen molar-refractivity contribution in [2.45, 2.75) is 18.7 Å². The minimum atomic E-state index is -0.477. The molecule has 0 saturated heterocycles. The molecule has 0 N–H and O–H groups in total. The fourth-order valence-electron chi connectivity index (χ4n) is 4.33. The highest BCUT2D eigenvalue weighted by molar-refractivity contribution is 6.30. The SMILES string of the molecule is COc1ccc(C2=NN3[C@@H](c4cccc(OC)c4OC)Oc4ccc(Cl)cc4[C@@H]3C2)cc1. The van der Waals surface area contributed by atoms with E-state index < -0.39 is 6.23 Å². The van der Waals surface area contributed by atoms with Crippen LogP contribution < -0.4 is 18.9 Å². The van der Waals surface area contributed by atoms with E-state index >= 15 is 0 Å².